The van der Waals surface area contributed by atoms with Gasteiger partial charge in [-0.2, -0.15) is 0 Å². The van der Waals surface area contributed by atoms with Crippen molar-refractivity contribution in [1.29, 1.82) is 0 Å². The first kappa shape index (κ1) is 25.5. The Bertz CT molecular complexity index is 1230. The molecule has 198 valence electrons. The maximum Gasteiger partial charge on any atom is 0.317 e. The van der Waals surface area contributed by atoms with Crippen LogP contribution in [0.15, 0.2) is 60.8 Å². The summed E-state index contributed by atoms with van der Waals surface area (Å²) in [4.78, 5) is 37.6. The molecule has 0 radical (unpaired) electrons. The van der Waals surface area contributed by atoms with E-state index < -0.39 is 0 Å². The molecule has 2 aliphatic heterocycles. The zero-order chi connectivity index (χ0) is 26.3. The van der Waals surface area contributed by atoms with Crippen LogP contribution >= 0.6 is 0 Å². The number of piperazine rings is 1. The van der Waals surface area contributed by atoms with Gasteiger partial charge in [0.1, 0.15) is 0 Å². The summed E-state index contributed by atoms with van der Waals surface area (Å²) in [7, 11) is 0. The van der Waals surface area contributed by atoms with Gasteiger partial charge in [-0.1, -0.05) is 12.1 Å². The number of nitrogens with zero attached hydrogens (tertiary/aromatic N) is 4. The predicted octanol–water partition coefficient (Wildman–Crippen LogP) is 3.43. The van der Waals surface area contributed by atoms with Gasteiger partial charge in [0.15, 0.2) is 0 Å². The van der Waals surface area contributed by atoms with E-state index in [1.807, 2.05) is 54.3 Å². The second-order valence-electron chi connectivity index (χ2n) is 9.46. The zero-order valence-electron chi connectivity index (χ0n) is 21.6. The number of nitrogens with one attached hydrogen (secondary N) is 4. The molecule has 3 heterocycles. The van der Waals surface area contributed by atoms with Crippen molar-refractivity contribution in [2.45, 2.75) is 25.8 Å². The summed E-state index contributed by atoms with van der Waals surface area (Å²) in [6.07, 6.45) is 3.64. The highest BCUT2D eigenvalue weighted by molar-refractivity contribution is 5.95. The van der Waals surface area contributed by atoms with Crippen molar-refractivity contribution in [3.63, 3.8) is 0 Å². The normalized spacial score (nSPS) is 17.2. The maximum atomic E-state index is 12.3. The molecule has 0 bridgehead atoms. The monoisotopic (exact) mass is 514 g/mol. The Balaban J connectivity index is 1.17. The fraction of sp³-hybridized carbons (Fsp3) is 0.357. The van der Waals surface area contributed by atoms with Crippen LogP contribution in [0.3, 0.4) is 0 Å². The minimum atomic E-state index is -0.108. The van der Waals surface area contributed by atoms with E-state index in [1.165, 1.54) is 0 Å². The summed E-state index contributed by atoms with van der Waals surface area (Å²) < 4.78 is 0. The highest BCUT2D eigenvalue weighted by atomic mass is 16.2. The van der Waals surface area contributed by atoms with Gasteiger partial charge < -0.3 is 31.1 Å². The molecule has 10 nitrogen and oxygen atoms in total. The number of benzene rings is 2. The maximum absolute atomic E-state index is 12.3. The quantitative estimate of drug-likeness (QED) is 0.382. The van der Waals surface area contributed by atoms with E-state index in [-0.39, 0.29) is 18.0 Å². The molecular weight excluding hydrogens is 480 g/mol. The molecule has 1 aromatic heterocycles. The minimum Gasteiger partial charge on any atom is -0.368 e. The van der Waals surface area contributed by atoms with Gasteiger partial charge in [0.05, 0.1) is 11.7 Å². The fourth-order valence-electron chi connectivity index (χ4n) is 4.76. The van der Waals surface area contributed by atoms with Crippen molar-refractivity contribution in [2.75, 3.05) is 54.8 Å². The Kier molecular flexibility index (Phi) is 7.98. The molecule has 38 heavy (non-hydrogen) atoms. The molecule has 2 aliphatic rings. The Labute approximate surface area is 222 Å². The lowest BCUT2D eigenvalue weighted by molar-refractivity contribution is -0.117. The van der Waals surface area contributed by atoms with Gasteiger partial charge in [0, 0.05) is 61.5 Å². The molecule has 0 aliphatic carbocycles. The van der Waals surface area contributed by atoms with E-state index in [9.17, 15) is 9.59 Å². The molecule has 0 unspecified atom stereocenters. The number of carbonyl (C=O) groups is 2. The number of rotatable bonds is 7. The van der Waals surface area contributed by atoms with Crippen LogP contribution in [0.1, 0.15) is 19.8 Å². The van der Waals surface area contributed by atoms with Crippen LogP contribution in [0.2, 0.25) is 0 Å². The number of carbonyl (C=O) groups excluding carboxylic acids is 2. The van der Waals surface area contributed by atoms with E-state index in [1.54, 1.807) is 6.20 Å². The van der Waals surface area contributed by atoms with Crippen molar-refractivity contribution in [2.24, 2.45) is 0 Å². The van der Waals surface area contributed by atoms with Crippen LogP contribution < -0.4 is 26.2 Å². The molecule has 3 aromatic rings. The number of urea groups is 1. The van der Waals surface area contributed by atoms with Crippen molar-refractivity contribution >= 4 is 34.9 Å². The first-order chi connectivity index (χ1) is 18.6. The molecular formula is C28H34N8O2. The largest absolute Gasteiger partial charge is 0.368 e. The van der Waals surface area contributed by atoms with E-state index in [0.29, 0.717) is 25.6 Å². The second-order valence-corrected chi connectivity index (χ2v) is 9.46. The van der Waals surface area contributed by atoms with Gasteiger partial charge in [-0.25, -0.2) is 14.8 Å². The average molecular weight is 515 g/mol. The molecule has 4 N–H and O–H groups in total. The molecule has 0 spiro atoms. The molecule has 2 saturated heterocycles. The van der Waals surface area contributed by atoms with Gasteiger partial charge in [0.25, 0.3) is 0 Å². The second kappa shape index (κ2) is 11.9. The number of hydrogen-bond acceptors (Lipinski definition) is 7. The zero-order valence-corrected chi connectivity index (χ0v) is 21.6. The number of aromatic nitrogens is 2. The molecule has 5 rings (SSSR count). The van der Waals surface area contributed by atoms with Crippen molar-refractivity contribution in [1.82, 2.24) is 25.5 Å². The first-order valence-electron chi connectivity index (χ1n) is 13.2. The Morgan fingerprint density at radius 2 is 1.71 bits per heavy atom. The van der Waals surface area contributed by atoms with Gasteiger partial charge in [0.2, 0.25) is 11.9 Å². The van der Waals surface area contributed by atoms with Crippen LogP contribution in [0.5, 0.6) is 0 Å². The Morgan fingerprint density at radius 3 is 2.39 bits per heavy atom. The third kappa shape index (κ3) is 6.20. The van der Waals surface area contributed by atoms with Crippen LogP contribution in [-0.4, -0.2) is 72.1 Å². The highest BCUT2D eigenvalue weighted by Crippen LogP contribution is 2.24. The van der Waals surface area contributed by atoms with Crippen LogP contribution in [0.4, 0.5) is 27.8 Å². The molecule has 10 heteroatoms. The minimum absolute atomic E-state index is 0.00788. The van der Waals surface area contributed by atoms with Gasteiger partial charge in [-0.05, 0) is 68.8 Å². The molecule has 2 aromatic carbocycles. The Hall–Kier alpha value is -4.18. The van der Waals surface area contributed by atoms with E-state index in [0.717, 1.165) is 60.8 Å². The topological polar surface area (TPSA) is 115 Å². The van der Waals surface area contributed by atoms with Gasteiger partial charge in [-0.15, -0.1) is 0 Å². The summed E-state index contributed by atoms with van der Waals surface area (Å²) in [5.41, 5.74) is 4.52. The summed E-state index contributed by atoms with van der Waals surface area (Å²) in [5, 5.41) is 12.3. The van der Waals surface area contributed by atoms with Gasteiger partial charge in [-0.3, -0.25) is 4.79 Å². The summed E-state index contributed by atoms with van der Waals surface area (Å²) >= 11 is 0. The summed E-state index contributed by atoms with van der Waals surface area (Å²) in [6, 6.07) is 17.6. The number of anilines is 4. The number of hydrogen-bond donors (Lipinski definition) is 4. The fourth-order valence-corrected chi connectivity index (χ4v) is 4.76. The standard InChI is InChI=1S/C28H34N8O2/c1-2-29-28(38)36-18-16-35(17-19-36)23-11-9-22(10-12-23)33-27-31-15-13-24(34-27)20-5-7-21(8-6-20)32-26(37)25-4-3-14-30-25/h5-13,15,25,30H,2-4,14,16-19H2,1H3,(H,29,38)(H,32,37)(H,31,33,34)/t25-/m0/s1. The van der Waals surface area contributed by atoms with Crippen molar-refractivity contribution in [3.05, 3.63) is 60.8 Å². The Morgan fingerprint density at radius 1 is 0.974 bits per heavy atom. The van der Waals surface area contributed by atoms with Crippen molar-refractivity contribution in [3.8, 4) is 11.3 Å². The first-order valence-corrected chi connectivity index (χ1v) is 13.2. The predicted molar refractivity (Wildman–Crippen MR) is 150 cm³/mol. The van der Waals surface area contributed by atoms with E-state index in [2.05, 4.69) is 48.3 Å². The van der Waals surface area contributed by atoms with Crippen LogP contribution in [0.25, 0.3) is 11.3 Å². The van der Waals surface area contributed by atoms with E-state index >= 15 is 0 Å². The lowest BCUT2D eigenvalue weighted by Gasteiger charge is -2.36. The lowest BCUT2D eigenvalue weighted by Crippen LogP contribution is -2.51. The smallest absolute Gasteiger partial charge is 0.317 e. The molecule has 1 atom stereocenters. The SMILES string of the molecule is CCNC(=O)N1CCN(c2ccc(Nc3nccc(-c4ccc(NC(=O)[C@@H]5CCCN5)cc4)n3)cc2)CC1. The third-order valence-electron chi connectivity index (χ3n) is 6.86. The van der Waals surface area contributed by atoms with Crippen LogP contribution in [0, 0.1) is 0 Å². The summed E-state index contributed by atoms with van der Waals surface area (Å²) in [6.45, 7) is 6.48. The summed E-state index contributed by atoms with van der Waals surface area (Å²) in [5.74, 6) is 0.520. The average Bonchev–Trinajstić information content (AvgIpc) is 3.50. The molecule has 3 amide bonds. The van der Waals surface area contributed by atoms with Crippen molar-refractivity contribution < 1.29 is 9.59 Å². The highest BCUT2D eigenvalue weighted by Gasteiger charge is 2.22. The van der Waals surface area contributed by atoms with Gasteiger partial charge >= 0.3 is 6.03 Å². The number of amides is 3. The molecule has 0 saturated carbocycles. The van der Waals surface area contributed by atoms with E-state index in [4.69, 9.17) is 0 Å². The lowest BCUT2D eigenvalue weighted by atomic mass is 10.1. The van der Waals surface area contributed by atoms with Crippen LogP contribution in [-0.2, 0) is 4.79 Å². The third-order valence-corrected chi connectivity index (χ3v) is 6.86. The molecule has 2 fully saturated rings.